The van der Waals surface area contributed by atoms with Crippen molar-refractivity contribution in [3.8, 4) is 11.4 Å². The summed E-state index contributed by atoms with van der Waals surface area (Å²) < 4.78 is 5.53. The van der Waals surface area contributed by atoms with Crippen LogP contribution >= 0.6 is 0 Å². The van der Waals surface area contributed by atoms with E-state index in [1.807, 2.05) is 12.1 Å². The zero-order valence-electron chi connectivity index (χ0n) is 17.5. The van der Waals surface area contributed by atoms with Crippen molar-refractivity contribution in [1.82, 2.24) is 15.3 Å². The van der Waals surface area contributed by atoms with Gasteiger partial charge in [0, 0.05) is 37.3 Å². The first-order valence-corrected chi connectivity index (χ1v) is 10.9. The molecule has 2 saturated heterocycles. The van der Waals surface area contributed by atoms with Crippen LogP contribution in [0.25, 0.3) is 11.4 Å². The molecule has 0 bridgehead atoms. The van der Waals surface area contributed by atoms with Gasteiger partial charge in [0.2, 0.25) is 0 Å². The van der Waals surface area contributed by atoms with Crippen molar-refractivity contribution < 1.29 is 4.74 Å². The predicted molar refractivity (Wildman–Crippen MR) is 123 cm³/mol. The summed E-state index contributed by atoms with van der Waals surface area (Å²) in [5.74, 6) is 2.77. The number of aromatic nitrogens is 2. The predicted octanol–water partition coefficient (Wildman–Crippen LogP) is 1.69. The lowest BCUT2D eigenvalue weighted by Crippen LogP contribution is -2.38. The van der Waals surface area contributed by atoms with Gasteiger partial charge in [0.05, 0.1) is 24.5 Å². The van der Waals surface area contributed by atoms with E-state index in [1.54, 1.807) is 0 Å². The molecule has 9 heteroatoms. The molecule has 4 heterocycles. The summed E-state index contributed by atoms with van der Waals surface area (Å²) in [6.45, 7) is 4.76. The number of hydrogen-bond acceptors (Lipinski definition) is 9. The second-order valence-electron chi connectivity index (χ2n) is 8.17. The minimum Gasteiger partial charge on any atom is -0.387 e. The van der Waals surface area contributed by atoms with Crippen molar-refractivity contribution in [3.63, 3.8) is 0 Å². The Hall–Kier alpha value is -3.04. The molecule has 5 rings (SSSR count). The van der Waals surface area contributed by atoms with E-state index in [1.165, 1.54) is 6.21 Å². The number of anilines is 2. The number of rotatable bonds is 5. The van der Waals surface area contributed by atoms with Crippen molar-refractivity contribution in [2.75, 3.05) is 49.6 Å². The third kappa shape index (κ3) is 4.11. The van der Waals surface area contributed by atoms with Crippen LogP contribution in [0.15, 0.2) is 23.2 Å². The average Bonchev–Trinajstić information content (AvgIpc) is 3.19. The molecule has 31 heavy (non-hydrogen) atoms. The van der Waals surface area contributed by atoms with Crippen molar-refractivity contribution in [2.45, 2.75) is 25.3 Å². The Labute approximate surface area is 181 Å². The molecule has 0 amide bonds. The molecular weight excluding hydrogens is 392 g/mol. The third-order valence-electron chi connectivity index (χ3n) is 6.04. The molecule has 1 aromatic carbocycles. The molecule has 5 N–H and O–H groups in total. The van der Waals surface area contributed by atoms with Gasteiger partial charge in [0.15, 0.2) is 5.82 Å². The van der Waals surface area contributed by atoms with Gasteiger partial charge in [0.25, 0.3) is 0 Å². The lowest BCUT2D eigenvalue weighted by molar-refractivity contribution is 0.122. The summed E-state index contributed by atoms with van der Waals surface area (Å²) in [5.41, 5.74) is 9.56. The summed E-state index contributed by atoms with van der Waals surface area (Å²) in [4.78, 5) is 16.4. The van der Waals surface area contributed by atoms with Crippen LogP contribution in [0.4, 0.5) is 17.3 Å². The van der Waals surface area contributed by atoms with E-state index in [9.17, 15) is 0 Å². The number of ether oxygens (including phenoxy) is 1. The zero-order valence-corrected chi connectivity index (χ0v) is 17.5. The van der Waals surface area contributed by atoms with Crippen LogP contribution in [0, 0.1) is 5.41 Å². The number of nitrogens with one attached hydrogen (secondary N) is 3. The van der Waals surface area contributed by atoms with Gasteiger partial charge in [-0.1, -0.05) is 12.1 Å². The van der Waals surface area contributed by atoms with Gasteiger partial charge in [-0.05, 0) is 37.6 Å². The first-order chi connectivity index (χ1) is 15.2. The summed E-state index contributed by atoms with van der Waals surface area (Å²) in [6.07, 6.45) is 4.10. The molecule has 0 saturated carbocycles. The zero-order chi connectivity index (χ0) is 21.2. The summed E-state index contributed by atoms with van der Waals surface area (Å²) in [6, 6.07) is 6.41. The SMILES string of the molecule is N=Cc1c(NC2CCNCC2)nc(-c2ccc3c(c2)N=C(N)C3)nc1N1CCOCC1. The molecular formula is C22H28N8O. The maximum atomic E-state index is 8.11. The van der Waals surface area contributed by atoms with Gasteiger partial charge < -0.3 is 31.4 Å². The normalized spacial score (nSPS) is 19.1. The van der Waals surface area contributed by atoms with Crippen LogP contribution < -0.4 is 21.3 Å². The maximum absolute atomic E-state index is 8.11. The molecule has 0 atom stereocenters. The van der Waals surface area contributed by atoms with Gasteiger partial charge in [0.1, 0.15) is 17.5 Å². The first-order valence-electron chi connectivity index (χ1n) is 10.9. The van der Waals surface area contributed by atoms with Crippen molar-refractivity contribution in [1.29, 1.82) is 5.41 Å². The number of aliphatic imine (C=N–C) groups is 1. The highest BCUT2D eigenvalue weighted by molar-refractivity contribution is 5.93. The Morgan fingerprint density at radius 3 is 2.77 bits per heavy atom. The highest BCUT2D eigenvalue weighted by Crippen LogP contribution is 2.33. The monoisotopic (exact) mass is 420 g/mol. The van der Waals surface area contributed by atoms with E-state index in [0.29, 0.717) is 37.3 Å². The van der Waals surface area contributed by atoms with Crippen molar-refractivity contribution in [2.24, 2.45) is 10.7 Å². The van der Waals surface area contributed by atoms with Gasteiger partial charge in [-0.15, -0.1) is 0 Å². The molecule has 0 unspecified atom stereocenters. The Kier molecular flexibility index (Phi) is 5.52. The van der Waals surface area contributed by atoms with Crippen LogP contribution in [-0.4, -0.2) is 67.5 Å². The fraction of sp³-hybridized carbons (Fsp3) is 0.455. The van der Waals surface area contributed by atoms with E-state index in [-0.39, 0.29) is 0 Å². The fourth-order valence-electron chi connectivity index (χ4n) is 4.35. The van der Waals surface area contributed by atoms with Gasteiger partial charge in [-0.3, -0.25) is 0 Å². The highest BCUT2D eigenvalue weighted by atomic mass is 16.5. The van der Waals surface area contributed by atoms with E-state index in [4.69, 9.17) is 25.8 Å². The Balaban J connectivity index is 1.57. The number of morpholine rings is 1. The fourth-order valence-corrected chi connectivity index (χ4v) is 4.35. The maximum Gasteiger partial charge on any atom is 0.163 e. The van der Waals surface area contributed by atoms with Crippen molar-refractivity contribution >= 4 is 29.4 Å². The lowest BCUT2D eigenvalue weighted by Gasteiger charge is -2.31. The number of amidine groups is 1. The molecule has 3 aliphatic heterocycles. The second-order valence-corrected chi connectivity index (χ2v) is 8.17. The van der Waals surface area contributed by atoms with E-state index in [0.717, 1.165) is 73.0 Å². The Morgan fingerprint density at radius 1 is 1.19 bits per heavy atom. The highest BCUT2D eigenvalue weighted by Gasteiger charge is 2.24. The topological polar surface area (TPSA) is 125 Å². The minimum atomic E-state index is 0.324. The smallest absolute Gasteiger partial charge is 0.163 e. The molecule has 0 spiro atoms. The third-order valence-corrected chi connectivity index (χ3v) is 6.04. The summed E-state index contributed by atoms with van der Waals surface area (Å²) in [7, 11) is 0. The Morgan fingerprint density at radius 2 is 2.00 bits per heavy atom. The largest absolute Gasteiger partial charge is 0.387 e. The molecule has 0 radical (unpaired) electrons. The number of hydrogen-bond donors (Lipinski definition) is 4. The van der Waals surface area contributed by atoms with Crippen molar-refractivity contribution in [3.05, 3.63) is 29.3 Å². The van der Waals surface area contributed by atoms with Crippen LogP contribution in [0.2, 0.25) is 0 Å². The molecule has 3 aliphatic rings. The van der Waals surface area contributed by atoms with Gasteiger partial charge in [-0.25, -0.2) is 15.0 Å². The van der Waals surface area contributed by atoms with E-state index >= 15 is 0 Å². The summed E-state index contributed by atoms with van der Waals surface area (Å²) in [5, 5.41) is 15.1. The quantitative estimate of drug-likeness (QED) is 0.543. The molecule has 1 aromatic heterocycles. The van der Waals surface area contributed by atoms with Crippen LogP contribution in [-0.2, 0) is 11.2 Å². The standard InChI is InChI=1S/C22H28N8O/c23-13-17-21(26-16-3-5-25-6-4-16)28-20(29-22(17)30-7-9-31-10-8-30)15-2-1-14-12-19(24)27-18(14)11-15/h1-2,11,13,16,23,25H,3-10,12H2,(H2,24,27)(H,26,28,29). The van der Waals surface area contributed by atoms with Gasteiger partial charge >= 0.3 is 0 Å². The number of nitrogens with two attached hydrogens (primary N) is 1. The number of benzene rings is 1. The lowest BCUT2D eigenvalue weighted by atomic mass is 10.1. The number of piperidine rings is 1. The number of nitrogens with zero attached hydrogens (tertiary/aromatic N) is 4. The second kappa shape index (κ2) is 8.60. The van der Waals surface area contributed by atoms with Crippen LogP contribution in [0.5, 0.6) is 0 Å². The van der Waals surface area contributed by atoms with Crippen LogP contribution in [0.3, 0.4) is 0 Å². The molecule has 162 valence electrons. The number of fused-ring (bicyclic) bond motifs is 1. The summed E-state index contributed by atoms with van der Waals surface area (Å²) >= 11 is 0. The average molecular weight is 421 g/mol. The molecule has 2 fully saturated rings. The Bertz CT molecular complexity index is 1010. The first kappa shape index (κ1) is 19.9. The molecule has 9 nitrogen and oxygen atoms in total. The minimum absolute atomic E-state index is 0.324. The van der Waals surface area contributed by atoms with Gasteiger partial charge in [-0.2, -0.15) is 0 Å². The van der Waals surface area contributed by atoms with E-state index < -0.39 is 0 Å². The molecule has 0 aliphatic carbocycles. The molecule has 2 aromatic rings. The van der Waals surface area contributed by atoms with Crippen LogP contribution in [0.1, 0.15) is 24.0 Å². The van der Waals surface area contributed by atoms with E-state index in [2.05, 4.69) is 26.6 Å².